The second-order valence-electron chi connectivity index (χ2n) is 6.01. The summed E-state index contributed by atoms with van der Waals surface area (Å²) in [6.45, 7) is 0.309. The summed E-state index contributed by atoms with van der Waals surface area (Å²) in [7, 11) is 6.00. The molecule has 0 spiro atoms. The molecule has 0 saturated heterocycles. The average molecular weight is 301 g/mol. The van der Waals surface area contributed by atoms with E-state index >= 15 is 0 Å². The first-order chi connectivity index (χ1) is 11.2. The molecule has 0 atom stereocenters. The Bertz CT molecular complexity index is 569. The van der Waals surface area contributed by atoms with Gasteiger partial charge in [0.15, 0.2) is 0 Å². The van der Waals surface area contributed by atoms with Crippen molar-refractivity contribution in [3.05, 3.63) is 91.0 Å². The predicted octanol–water partition coefficient (Wildman–Crippen LogP) is 2.38. The van der Waals surface area contributed by atoms with Gasteiger partial charge in [-0.2, -0.15) is 0 Å². The summed E-state index contributed by atoms with van der Waals surface area (Å²) in [5.41, 5.74) is 4.00. The van der Waals surface area contributed by atoms with Crippen LogP contribution in [-0.2, 0) is 0 Å². The lowest BCUT2D eigenvalue weighted by atomic mass is 9.37. The molecular formula is C21H24BN. The van der Waals surface area contributed by atoms with Gasteiger partial charge in [-0.05, 0) is 21.1 Å². The smallest absolute Gasteiger partial charge is 0.241 e. The zero-order valence-corrected chi connectivity index (χ0v) is 14.2. The highest BCUT2D eigenvalue weighted by Crippen LogP contribution is 1.95. The molecule has 0 N–H and O–H groups in total. The number of hydrogen-bond donors (Lipinski definition) is 0. The number of hydrogen-bond acceptors (Lipinski definition) is 1. The maximum atomic E-state index is 2.20. The highest BCUT2D eigenvalue weighted by atomic mass is 15.0. The first-order valence-electron chi connectivity index (χ1n) is 7.94. The molecule has 3 aromatic carbocycles. The van der Waals surface area contributed by atoms with E-state index in [1.165, 1.54) is 16.4 Å². The Balaban J connectivity index is 0.000000433. The van der Waals surface area contributed by atoms with Gasteiger partial charge in [0, 0.05) is 0 Å². The Labute approximate surface area is 140 Å². The van der Waals surface area contributed by atoms with Crippen LogP contribution >= 0.6 is 0 Å². The summed E-state index contributed by atoms with van der Waals surface area (Å²) in [5, 5.41) is 0. The van der Waals surface area contributed by atoms with Gasteiger partial charge < -0.3 is 4.90 Å². The predicted molar refractivity (Wildman–Crippen MR) is 104 cm³/mol. The number of rotatable bonds is 3. The van der Waals surface area contributed by atoms with Crippen molar-refractivity contribution in [2.24, 2.45) is 0 Å². The lowest BCUT2D eigenvalue weighted by Crippen LogP contribution is -2.51. The number of benzene rings is 3. The van der Waals surface area contributed by atoms with E-state index in [1.807, 2.05) is 26.0 Å². The third-order valence-corrected chi connectivity index (χ3v) is 3.40. The molecule has 3 aromatic rings. The molecule has 0 unspecified atom stereocenters. The fourth-order valence-corrected chi connectivity index (χ4v) is 2.51. The Morgan fingerprint density at radius 1 is 0.478 bits per heavy atom. The van der Waals surface area contributed by atoms with E-state index in [0.29, 0.717) is 6.71 Å². The van der Waals surface area contributed by atoms with Crippen LogP contribution in [0.1, 0.15) is 0 Å². The molecule has 0 aliphatic heterocycles. The van der Waals surface area contributed by atoms with Crippen LogP contribution in [0.15, 0.2) is 91.0 Å². The number of nitrogens with zero attached hydrogens (tertiary/aromatic N) is 1. The Morgan fingerprint density at radius 2 is 0.696 bits per heavy atom. The van der Waals surface area contributed by atoms with Gasteiger partial charge in [0.25, 0.3) is 0 Å². The summed E-state index contributed by atoms with van der Waals surface area (Å²) in [6.07, 6.45) is 0. The van der Waals surface area contributed by atoms with Crippen LogP contribution in [0.4, 0.5) is 0 Å². The molecule has 0 amide bonds. The van der Waals surface area contributed by atoms with Crippen molar-refractivity contribution in [1.82, 2.24) is 4.90 Å². The monoisotopic (exact) mass is 301 g/mol. The summed E-state index contributed by atoms with van der Waals surface area (Å²) in [4.78, 5) is 2.00. The van der Waals surface area contributed by atoms with Gasteiger partial charge in [-0.3, -0.25) is 0 Å². The minimum Gasteiger partial charge on any atom is -0.312 e. The van der Waals surface area contributed by atoms with E-state index in [4.69, 9.17) is 0 Å². The zero-order chi connectivity index (χ0) is 16.5. The van der Waals surface area contributed by atoms with Gasteiger partial charge in [0.2, 0.25) is 6.71 Å². The molecule has 0 saturated carbocycles. The van der Waals surface area contributed by atoms with Gasteiger partial charge >= 0.3 is 0 Å². The van der Waals surface area contributed by atoms with Gasteiger partial charge in [-0.15, -0.1) is 0 Å². The quantitative estimate of drug-likeness (QED) is 0.671. The van der Waals surface area contributed by atoms with Crippen LogP contribution in [0.2, 0.25) is 0 Å². The van der Waals surface area contributed by atoms with Crippen LogP contribution < -0.4 is 16.4 Å². The van der Waals surface area contributed by atoms with Crippen LogP contribution in [0.5, 0.6) is 0 Å². The van der Waals surface area contributed by atoms with Gasteiger partial charge in [0.1, 0.15) is 0 Å². The maximum Gasteiger partial charge on any atom is 0.241 e. The van der Waals surface area contributed by atoms with Crippen LogP contribution in [0.3, 0.4) is 0 Å². The summed E-state index contributed by atoms with van der Waals surface area (Å²) in [6, 6.07) is 32.0. The summed E-state index contributed by atoms with van der Waals surface area (Å²) in [5.74, 6) is 0. The van der Waals surface area contributed by atoms with E-state index in [-0.39, 0.29) is 0 Å². The largest absolute Gasteiger partial charge is 0.312 e. The Hall–Kier alpha value is -2.32. The van der Waals surface area contributed by atoms with Crippen molar-refractivity contribution in [2.45, 2.75) is 0 Å². The molecule has 0 aliphatic rings. The normalized spacial score (nSPS) is 9.91. The van der Waals surface area contributed by atoms with E-state index in [1.54, 1.807) is 0 Å². The molecule has 0 bridgehead atoms. The van der Waals surface area contributed by atoms with Crippen LogP contribution in [0, 0.1) is 0 Å². The molecule has 3 rings (SSSR count). The second kappa shape index (κ2) is 8.97. The van der Waals surface area contributed by atoms with Crippen LogP contribution in [0.25, 0.3) is 0 Å². The van der Waals surface area contributed by atoms with Gasteiger partial charge in [-0.25, -0.2) is 0 Å². The zero-order valence-electron chi connectivity index (χ0n) is 14.2. The highest BCUT2D eigenvalue weighted by molar-refractivity contribution is 6.95. The first-order valence-corrected chi connectivity index (χ1v) is 7.94. The summed E-state index contributed by atoms with van der Waals surface area (Å²) >= 11 is 0. The lowest BCUT2D eigenvalue weighted by Gasteiger charge is -2.15. The molecule has 23 heavy (non-hydrogen) atoms. The fraction of sp³-hybridized carbons (Fsp3) is 0.143. The second-order valence-corrected chi connectivity index (χ2v) is 6.01. The standard InChI is InChI=1S/C18H15B.C3H9N/c1-4-10-16(11-5-1)19(17-12-6-2-7-13-17)18-14-8-3-9-15-18;1-4(2)3/h1-15H;1-3H3. The van der Waals surface area contributed by atoms with Crippen molar-refractivity contribution in [2.75, 3.05) is 21.1 Å². The molecular weight excluding hydrogens is 277 g/mol. The lowest BCUT2D eigenvalue weighted by molar-refractivity contribution is 0.505. The van der Waals surface area contributed by atoms with Crippen molar-refractivity contribution < 1.29 is 0 Å². The Kier molecular flexibility index (Phi) is 6.65. The van der Waals surface area contributed by atoms with Crippen molar-refractivity contribution in [3.63, 3.8) is 0 Å². The van der Waals surface area contributed by atoms with Crippen molar-refractivity contribution in [1.29, 1.82) is 0 Å². The van der Waals surface area contributed by atoms with E-state index in [0.717, 1.165) is 0 Å². The molecule has 116 valence electrons. The third kappa shape index (κ3) is 5.43. The third-order valence-electron chi connectivity index (χ3n) is 3.40. The van der Waals surface area contributed by atoms with Crippen molar-refractivity contribution >= 4 is 23.1 Å². The van der Waals surface area contributed by atoms with E-state index < -0.39 is 0 Å². The maximum absolute atomic E-state index is 2.20. The molecule has 2 heteroatoms. The first kappa shape index (κ1) is 17.0. The molecule has 1 nitrogen and oxygen atoms in total. The minimum absolute atomic E-state index is 0.309. The molecule has 0 radical (unpaired) electrons. The van der Waals surface area contributed by atoms with Gasteiger partial charge in [0.05, 0.1) is 0 Å². The van der Waals surface area contributed by atoms with E-state index in [2.05, 4.69) is 91.0 Å². The minimum atomic E-state index is 0.309. The highest BCUT2D eigenvalue weighted by Gasteiger charge is 2.20. The Morgan fingerprint density at radius 3 is 0.913 bits per heavy atom. The SMILES string of the molecule is CN(C)C.c1ccc(B(c2ccccc2)c2ccccc2)cc1. The molecule has 0 fully saturated rings. The molecule has 0 heterocycles. The van der Waals surface area contributed by atoms with Crippen LogP contribution in [-0.4, -0.2) is 32.8 Å². The molecule has 0 aromatic heterocycles. The van der Waals surface area contributed by atoms with Gasteiger partial charge in [-0.1, -0.05) is 107 Å². The molecule has 0 aliphatic carbocycles. The fourth-order valence-electron chi connectivity index (χ4n) is 2.51. The topological polar surface area (TPSA) is 3.24 Å². The van der Waals surface area contributed by atoms with E-state index in [9.17, 15) is 0 Å². The average Bonchev–Trinajstić information content (AvgIpc) is 2.58. The summed E-state index contributed by atoms with van der Waals surface area (Å²) < 4.78 is 0. The van der Waals surface area contributed by atoms with Crippen molar-refractivity contribution in [3.8, 4) is 0 Å².